The van der Waals surface area contributed by atoms with Gasteiger partial charge in [-0.25, -0.2) is 0 Å². The van der Waals surface area contributed by atoms with Crippen molar-refractivity contribution in [3.8, 4) is 0 Å². The molecule has 0 aromatic carbocycles. The number of carbonyl (C=O) groups excluding carboxylic acids is 1. The Morgan fingerprint density at radius 3 is 1.91 bits per heavy atom. The van der Waals surface area contributed by atoms with Gasteiger partial charge in [-0.2, -0.15) is 0 Å². The summed E-state index contributed by atoms with van der Waals surface area (Å²) in [6.07, 6.45) is 0.220. The van der Waals surface area contributed by atoms with Crippen LogP contribution in [0.25, 0.3) is 0 Å². The summed E-state index contributed by atoms with van der Waals surface area (Å²) in [5, 5.41) is 0. The van der Waals surface area contributed by atoms with Crippen molar-refractivity contribution in [2.45, 2.75) is 32.5 Å². The Kier molecular flexibility index (Phi) is 1.71. The van der Waals surface area contributed by atoms with E-state index in [1.165, 1.54) is 0 Å². The molecule has 0 aromatic heterocycles. The molecule has 1 saturated heterocycles. The number of amides is 1. The quantitative estimate of drug-likeness (QED) is 0.510. The van der Waals surface area contributed by atoms with Gasteiger partial charge in [-0.3, -0.25) is 9.69 Å². The van der Waals surface area contributed by atoms with Gasteiger partial charge in [0.25, 0.3) is 0 Å². The first-order valence-electron chi connectivity index (χ1n) is 3.89. The Balaban J connectivity index is 2.96. The van der Waals surface area contributed by atoms with Crippen molar-refractivity contribution in [3.05, 3.63) is 0 Å². The summed E-state index contributed by atoms with van der Waals surface area (Å²) in [5.41, 5.74) is -0.325. The van der Waals surface area contributed by atoms with E-state index in [9.17, 15) is 4.79 Å². The minimum Gasteiger partial charge on any atom is -0.329 e. The van der Waals surface area contributed by atoms with Gasteiger partial charge in [-0.1, -0.05) is 0 Å². The molecule has 11 heavy (non-hydrogen) atoms. The largest absolute Gasteiger partial charge is 0.329 e. The van der Waals surface area contributed by atoms with Crippen LogP contribution in [0.3, 0.4) is 0 Å². The summed E-state index contributed by atoms with van der Waals surface area (Å²) in [5.74, 6) is 0.201. The van der Waals surface area contributed by atoms with Gasteiger partial charge in [0, 0.05) is 7.05 Å². The normalized spacial score (nSPS) is 31.5. The number of likely N-dealkylation sites (N-methyl/N-ethyl adjacent to an activating group) is 2. The molecule has 3 heteroatoms. The third kappa shape index (κ3) is 0.948. The number of rotatable bonds is 0. The first-order chi connectivity index (χ1) is 4.89. The zero-order chi connectivity index (χ0) is 8.81. The van der Waals surface area contributed by atoms with Crippen LogP contribution in [0.5, 0.6) is 0 Å². The minimum absolute atomic E-state index is 0.201. The molecule has 1 fully saturated rings. The first kappa shape index (κ1) is 8.53. The van der Waals surface area contributed by atoms with E-state index in [0.29, 0.717) is 0 Å². The molecular weight excluding hydrogens is 140 g/mol. The van der Waals surface area contributed by atoms with Gasteiger partial charge in [0.15, 0.2) is 0 Å². The average molecular weight is 156 g/mol. The topological polar surface area (TPSA) is 23.6 Å². The van der Waals surface area contributed by atoms with E-state index in [1.807, 2.05) is 34.9 Å². The summed E-state index contributed by atoms with van der Waals surface area (Å²) in [6.45, 7) is 5.94. The van der Waals surface area contributed by atoms with Crippen LogP contribution in [0.15, 0.2) is 0 Å². The highest BCUT2D eigenvalue weighted by Crippen LogP contribution is 2.26. The van der Waals surface area contributed by atoms with Gasteiger partial charge in [0.1, 0.15) is 0 Å². The third-order valence-corrected chi connectivity index (χ3v) is 2.85. The second-order valence-corrected chi connectivity index (χ2v) is 3.72. The average Bonchev–Trinajstić information content (AvgIpc) is 2.06. The fraction of sp³-hybridized carbons (Fsp3) is 0.875. The van der Waals surface area contributed by atoms with Crippen LogP contribution in [0, 0.1) is 0 Å². The summed E-state index contributed by atoms with van der Waals surface area (Å²) in [7, 11) is 3.82. The van der Waals surface area contributed by atoms with E-state index >= 15 is 0 Å². The Hall–Kier alpha value is -0.570. The molecule has 0 spiro atoms. The standard InChI is InChI=1S/C8H16N2O/c1-6-9(4)7(11)8(2,3)10(6)5/h6H,1-5H3. The molecule has 3 nitrogen and oxygen atoms in total. The highest BCUT2D eigenvalue weighted by atomic mass is 16.2. The molecule has 1 rings (SSSR count). The maximum Gasteiger partial charge on any atom is 0.243 e. The van der Waals surface area contributed by atoms with Crippen molar-refractivity contribution in [1.82, 2.24) is 9.80 Å². The zero-order valence-corrected chi connectivity index (χ0v) is 7.88. The smallest absolute Gasteiger partial charge is 0.243 e. The van der Waals surface area contributed by atoms with Gasteiger partial charge in [0.2, 0.25) is 5.91 Å². The predicted octanol–water partition coefficient (Wildman–Crippen LogP) is 0.515. The van der Waals surface area contributed by atoms with E-state index in [2.05, 4.69) is 4.90 Å². The second-order valence-electron chi connectivity index (χ2n) is 3.72. The number of carbonyl (C=O) groups is 1. The van der Waals surface area contributed by atoms with Crippen molar-refractivity contribution in [1.29, 1.82) is 0 Å². The third-order valence-electron chi connectivity index (χ3n) is 2.85. The van der Waals surface area contributed by atoms with E-state index < -0.39 is 0 Å². The maximum atomic E-state index is 11.5. The fourth-order valence-electron chi connectivity index (χ4n) is 1.48. The van der Waals surface area contributed by atoms with Crippen LogP contribution in [0.4, 0.5) is 0 Å². The predicted molar refractivity (Wildman–Crippen MR) is 44.1 cm³/mol. The number of hydrogen-bond acceptors (Lipinski definition) is 2. The van der Waals surface area contributed by atoms with Crippen molar-refractivity contribution in [2.75, 3.05) is 14.1 Å². The Morgan fingerprint density at radius 2 is 1.82 bits per heavy atom. The fourth-order valence-corrected chi connectivity index (χ4v) is 1.48. The van der Waals surface area contributed by atoms with E-state index in [0.717, 1.165) is 0 Å². The van der Waals surface area contributed by atoms with E-state index in [4.69, 9.17) is 0 Å². The monoisotopic (exact) mass is 156 g/mol. The van der Waals surface area contributed by atoms with Gasteiger partial charge in [-0.15, -0.1) is 0 Å². The maximum absolute atomic E-state index is 11.5. The van der Waals surface area contributed by atoms with Crippen LogP contribution in [-0.2, 0) is 4.79 Å². The van der Waals surface area contributed by atoms with Gasteiger partial charge in [0.05, 0.1) is 11.7 Å². The molecular formula is C8H16N2O. The van der Waals surface area contributed by atoms with Crippen LogP contribution in [0.2, 0.25) is 0 Å². The zero-order valence-electron chi connectivity index (χ0n) is 7.88. The molecule has 1 aliphatic heterocycles. The van der Waals surface area contributed by atoms with Gasteiger partial charge in [-0.05, 0) is 27.8 Å². The van der Waals surface area contributed by atoms with Crippen LogP contribution < -0.4 is 0 Å². The second kappa shape index (κ2) is 2.21. The van der Waals surface area contributed by atoms with Crippen LogP contribution >= 0.6 is 0 Å². The molecule has 0 bridgehead atoms. The number of hydrogen-bond donors (Lipinski definition) is 0. The lowest BCUT2D eigenvalue weighted by Gasteiger charge is -2.26. The summed E-state index contributed by atoms with van der Waals surface area (Å²) in [4.78, 5) is 15.4. The highest BCUT2D eigenvalue weighted by Gasteiger charge is 2.45. The molecule has 1 aliphatic rings. The lowest BCUT2D eigenvalue weighted by molar-refractivity contribution is -0.131. The summed E-state index contributed by atoms with van der Waals surface area (Å²) < 4.78 is 0. The summed E-state index contributed by atoms with van der Waals surface area (Å²) in [6, 6.07) is 0. The highest BCUT2D eigenvalue weighted by molar-refractivity contribution is 5.87. The molecule has 1 unspecified atom stereocenters. The molecule has 0 aromatic rings. The minimum atomic E-state index is -0.325. The number of nitrogens with zero attached hydrogens (tertiary/aromatic N) is 2. The molecule has 0 aliphatic carbocycles. The van der Waals surface area contributed by atoms with Crippen LogP contribution in [0.1, 0.15) is 20.8 Å². The molecule has 64 valence electrons. The van der Waals surface area contributed by atoms with Crippen molar-refractivity contribution in [2.24, 2.45) is 0 Å². The molecule has 1 amide bonds. The van der Waals surface area contributed by atoms with Crippen LogP contribution in [-0.4, -0.2) is 41.5 Å². The molecule has 1 atom stereocenters. The Labute approximate surface area is 68.0 Å². The molecule has 0 radical (unpaired) electrons. The SMILES string of the molecule is CC1N(C)C(=O)C(C)(C)N1C. The first-order valence-corrected chi connectivity index (χ1v) is 3.89. The lowest BCUT2D eigenvalue weighted by atomic mass is 10.1. The molecule has 1 heterocycles. The van der Waals surface area contributed by atoms with Gasteiger partial charge >= 0.3 is 0 Å². The van der Waals surface area contributed by atoms with E-state index in [1.54, 1.807) is 4.90 Å². The lowest BCUT2D eigenvalue weighted by Crippen LogP contribution is -2.42. The Bertz CT molecular complexity index is 189. The van der Waals surface area contributed by atoms with E-state index in [-0.39, 0.29) is 17.6 Å². The van der Waals surface area contributed by atoms with Crippen molar-refractivity contribution < 1.29 is 4.79 Å². The van der Waals surface area contributed by atoms with Crippen molar-refractivity contribution in [3.63, 3.8) is 0 Å². The van der Waals surface area contributed by atoms with Gasteiger partial charge < -0.3 is 4.90 Å². The molecule has 0 saturated carbocycles. The summed E-state index contributed by atoms with van der Waals surface area (Å²) >= 11 is 0. The Morgan fingerprint density at radius 1 is 1.36 bits per heavy atom. The molecule has 0 N–H and O–H groups in total. The van der Waals surface area contributed by atoms with Crippen molar-refractivity contribution >= 4 is 5.91 Å².